The SMILES string of the molecule is NC1=N[C@@H](COc2cc(Cl)cc(Cl)c2)CO1.NC1=N[C@@H](COc2ccc(Br)cc2)CO1.NC1=N[C@@H](COc2cccc(Cl)c2)CO1. The number of ether oxygens (including phenoxy) is 6. The fraction of sp³-hybridized carbons (Fsp3) is 0.300. The van der Waals surface area contributed by atoms with Crippen molar-refractivity contribution in [2.75, 3.05) is 39.6 Å². The van der Waals surface area contributed by atoms with Gasteiger partial charge in [-0.3, -0.25) is 0 Å². The number of nitrogens with two attached hydrogens (primary N) is 3. The molecule has 0 aromatic heterocycles. The first kappa shape index (κ1) is 35.1. The topological polar surface area (TPSA) is 171 Å². The van der Waals surface area contributed by atoms with Gasteiger partial charge in [-0.15, -0.1) is 0 Å². The van der Waals surface area contributed by atoms with Crippen molar-refractivity contribution in [3.05, 3.63) is 86.3 Å². The van der Waals surface area contributed by atoms with Crippen LogP contribution in [0.4, 0.5) is 0 Å². The van der Waals surface area contributed by atoms with Gasteiger partial charge in [0.05, 0.1) is 0 Å². The fourth-order valence-corrected chi connectivity index (χ4v) is 4.79. The Morgan fingerprint density at radius 1 is 0.587 bits per heavy atom. The lowest BCUT2D eigenvalue weighted by Crippen LogP contribution is -2.17. The van der Waals surface area contributed by atoms with Gasteiger partial charge in [-0.1, -0.05) is 56.8 Å². The molecule has 0 unspecified atom stereocenters. The van der Waals surface area contributed by atoms with Gasteiger partial charge in [-0.2, -0.15) is 0 Å². The highest BCUT2D eigenvalue weighted by Crippen LogP contribution is 2.24. The van der Waals surface area contributed by atoms with E-state index in [9.17, 15) is 0 Å². The molecule has 0 spiro atoms. The van der Waals surface area contributed by atoms with E-state index >= 15 is 0 Å². The summed E-state index contributed by atoms with van der Waals surface area (Å²) in [5.74, 6) is 2.15. The van der Waals surface area contributed by atoms with Crippen LogP contribution in [0.1, 0.15) is 0 Å². The number of rotatable bonds is 9. The minimum absolute atomic E-state index is 0.00801. The van der Waals surface area contributed by atoms with Crippen LogP contribution in [0.5, 0.6) is 17.2 Å². The molecule has 3 aromatic rings. The summed E-state index contributed by atoms with van der Waals surface area (Å²) in [4.78, 5) is 12.1. The lowest BCUT2D eigenvalue weighted by molar-refractivity contribution is 0.241. The molecule has 0 aliphatic carbocycles. The quantitative estimate of drug-likeness (QED) is 0.270. The molecule has 3 atom stereocenters. The van der Waals surface area contributed by atoms with Gasteiger partial charge in [0, 0.05) is 19.5 Å². The van der Waals surface area contributed by atoms with Crippen LogP contribution in [0.3, 0.4) is 0 Å². The van der Waals surface area contributed by atoms with Crippen LogP contribution in [-0.2, 0) is 14.2 Å². The van der Waals surface area contributed by atoms with E-state index in [1.165, 1.54) is 0 Å². The van der Waals surface area contributed by atoms with E-state index in [4.69, 9.17) is 80.4 Å². The van der Waals surface area contributed by atoms with E-state index in [0.29, 0.717) is 60.5 Å². The first-order valence-corrected chi connectivity index (χ1v) is 15.8. The highest BCUT2D eigenvalue weighted by molar-refractivity contribution is 9.10. The highest BCUT2D eigenvalue weighted by atomic mass is 79.9. The number of halogens is 4. The molecule has 0 saturated carbocycles. The Kier molecular flexibility index (Phi) is 13.6. The predicted molar refractivity (Wildman–Crippen MR) is 183 cm³/mol. The summed E-state index contributed by atoms with van der Waals surface area (Å²) >= 11 is 20.8. The van der Waals surface area contributed by atoms with E-state index in [1.807, 2.05) is 36.4 Å². The van der Waals surface area contributed by atoms with Gasteiger partial charge in [-0.05, 0) is 60.7 Å². The molecule has 3 aliphatic rings. The van der Waals surface area contributed by atoms with Crippen molar-refractivity contribution in [3.8, 4) is 17.2 Å². The van der Waals surface area contributed by atoms with Gasteiger partial charge in [0.25, 0.3) is 18.1 Å². The zero-order chi connectivity index (χ0) is 32.9. The molecular weight excluding hydrogens is 727 g/mol. The number of aliphatic imine (C=N–C) groups is 3. The Morgan fingerprint density at radius 3 is 1.46 bits per heavy atom. The van der Waals surface area contributed by atoms with E-state index in [0.717, 1.165) is 16.0 Å². The Bertz CT molecular complexity index is 1510. The monoisotopic (exact) mass is 756 g/mol. The van der Waals surface area contributed by atoms with E-state index in [-0.39, 0.29) is 36.2 Å². The number of hydrogen-bond acceptors (Lipinski definition) is 12. The second kappa shape index (κ2) is 17.8. The molecular formula is C30H32BrCl3N6O6. The Labute approximate surface area is 289 Å². The number of benzene rings is 3. The average Bonchev–Trinajstić information content (AvgIpc) is 3.76. The zero-order valence-electron chi connectivity index (χ0n) is 24.4. The van der Waals surface area contributed by atoms with E-state index < -0.39 is 0 Å². The van der Waals surface area contributed by atoms with Crippen molar-refractivity contribution in [2.24, 2.45) is 32.2 Å². The maximum Gasteiger partial charge on any atom is 0.282 e. The molecule has 0 bridgehead atoms. The molecule has 12 nitrogen and oxygen atoms in total. The normalized spacial score (nSPS) is 19.4. The van der Waals surface area contributed by atoms with Crippen molar-refractivity contribution in [3.63, 3.8) is 0 Å². The molecule has 16 heteroatoms. The first-order chi connectivity index (χ1) is 22.1. The molecule has 246 valence electrons. The summed E-state index contributed by atoms with van der Waals surface area (Å²) < 4.78 is 32.5. The molecule has 3 aliphatic heterocycles. The van der Waals surface area contributed by atoms with Gasteiger partial charge in [0.15, 0.2) is 0 Å². The number of hydrogen-bond donors (Lipinski definition) is 3. The Hall–Kier alpha value is -3.78. The summed E-state index contributed by atoms with van der Waals surface area (Å²) in [6, 6.07) is 20.5. The molecule has 46 heavy (non-hydrogen) atoms. The van der Waals surface area contributed by atoms with Crippen molar-refractivity contribution < 1.29 is 28.4 Å². The molecule has 0 saturated heterocycles. The minimum atomic E-state index is -0.0715. The maximum atomic E-state index is 5.83. The molecule has 0 fully saturated rings. The molecule has 0 radical (unpaired) electrons. The second-order valence-corrected chi connectivity index (χ2v) is 12.0. The van der Waals surface area contributed by atoms with Crippen LogP contribution < -0.4 is 31.4 Å². The highest BCUT2D eigenvalue weighted by Gasteiger charge is 2.19. The maximum absolute atomic E-state index is 5.83. The summed E-state index contributed by atoms with van der Waals surface area (Å²) in [5.41, 5.74) is 16.1. The van der Waals surface area contributed by atoms with Crippen molar-refractivity contribution in [1.82, 2.24) is 0 Å². The van der Waals surface area contributed by atoms with Gasteiger partial charge in [0.1, 0.15) is 75.0 Å². The standard InChI is InChI=1S/C10H11BrN2O2.C10H10Cl2N2O2.C10H11ClN2O2/c11-7-1-3-9(4-2-7)14-5-8-6-15-10(12)13-8;11-6-1-7(12)3-9(2-6)15-4-8-5-16-10(13)14-8;11-7-2-1-3-9(4-7)14-5-8-6-15-10(12)13-8/h1-4,8H,5-6H2,(H2,12,13);1-3,8H,4-5H2,(H2,13,14);1-4,8H,5-6H2,(H2,12,13)/t3*8-/m000/s1. The lowest BCUT2D eigenvalue weighted by Gasteiger charge is -2.09. The third kappa shape index (κ3) is 12.5. The third-order valence-electron chi connectivity index (χ3n) is 5.97. The van der Waals surface area contributed by atoms with Crippen LogP contribution in [0.15, 0.2) is 86.2 Å². The molecule has 6 N–H and O–H groups in total. The Morgan fingerprint density at radius 2 is 1.02 bits per heavy atom. The van der Waals surface area contributed by atoms with E-state index in [2.05, 4.69) is 30.9 Å². The summed E-state index contributed by atoms with van der Waals surface area (Å²) in [7, 11) is 0. The van der Waals surface area contributed by atoms with Crippen molar-refractivity contribution >= 4 is 68.8 Å². The average molecular weight is 759 g/mol. The third-order valence-corrected chi connectivity index (χ3v) is 7.17. The van der Waals surface area contributed by atoms with Crippen LogP contribution in [0.25, 0.3) is 0 Å². The predicted octanol–water partition coefficient (Wildman–Crippen LogP) is 5.06. The molecule has 3 aromatic carbocycles. The van der Waals surface area contributed by atoms with Crippen LogP contribution >= 0.6 is 50.7 Å². The first-order valence-electron chi connectivity index (χ1n) is 13.8. The smallest absolute Gasteiger partial charge is 0.282 e. The largest absolute Gasteiger partial charge is 0.491 e. The van der Waals surface area contributed by atoms with Gasteiger partial charge >= 0.3 is 0 Å². The summed E-state index contributed by atoms with van der Waals surface area (Å²) in [6.07, 6.45) is 0. The van der Waals surface area contributed by atoms with Gasteiger partial charge in [0.2, 0.25) is 0 Å². The van der Waals surface area contributed by atoms with Gasteiger partial charge < -0.3 is 45.6 Å². The van der Waals surface area contributed by atoms with Crippen LogP contribution in [-0.4, -0.2) is 75.8 Å². The van der Waals surface area contributed by atoms with Gasteiger partial charge in [-0.25, -0.2) is 15.0 Å². The molecule has 3 heterocycles. The minimum Gasteiger partial charge on any atom is -0.491 e. The fourth-order valence-electron chi connectivity index (χ4n) is 3.84. The lowest BCUT2D eigenvalue weighted by atomic mass is 10.3. The van der Waals surface area contributed by atoms with E-state index in [1.54, 1.807) is 30.3 Å². The second-order valence-electron chi connectivity index (χ2n) is 9.75. The van der Waals surface area contributed by atoms with Crippen molar-refractivity contribution in [2.45, 2.75) is 18.1 Å². The summed E-state index contributed by atoms with van der Waals surface area (Å²) in [5, 5.41) is 1.72. The Balaban J connectivity index is 0.000000157. The van der Waals surface area contributed by atoms with Crippen LogP contribution in [0.2, 0.25) is 15.1 Å². The number of nitrogens with zero attached hydrogens (tertiary/aromatic N) is 3. The summed E-state index contributed by atoms with van der Waals surface area (Å²) in [6.45, 7) is 2.75. The molecule has 6 rings (SSSR count). The van der Waals surface area contributed by atoms with Crippen LogP contribution in [0, 0.1) is 0 Å². The number of amidine groups is 3. The molecule has 0 amide bonds. The van der Waals surface area contributed by atoms with Crippen molar-refractivity contribution in [1.29, 1.82) is 0 Å². The zero-order valence-corrected chi connectivity index (χ0v) is 28.2.